The minimum absolute atomic E-state index is 0.255. The van der Waals surface area contributed by atoms with Crippen LogP contribution in [0.1, 0.15) is 26.2 Å². The lowest BCUT2D eigenvalue weighted by Crippen LogP contribution is -2.51. The number of amides is 2. The number of rotatable bonds is 6. The van der Waals surface area contributed by atoms with Crippen molar-refractivity contribution in [3.05, 3.63) is 28.2 Å². The molecule has 0 aromatic heterocycles. The lowest BCUT2D eigenvalue weighted by Gasteiger charge is -2.33. The highest BCUT2D eigenvalue weighted by molar-refractivity contribution is 6.35. The molecule has 26 heavy (non-hydrogen) atoms. The predicted molar refractivity (Wildman–Crippen MR) is 96.1 cm³/mol. The van der Waals surface area contributed by atoms with Crippen LogP contribution in [0.25, 0.3) is 0 Å². The van der Waals surface area contributed by atoms with Crippen LogP contribution in [0.3, 0.4) is 0 Å². The van der Waals surface area contributed by atoms with E-state index in [1.54, 1.807) is 6.07 Å². The second kappa shape index (κ2) is 9.09. The zero-order valence-corrected chi connectivity index (χ0v) is 15.8. The van der Waals surface area contributed by atoms with Crippen LogP contribution >= 0.6 is 23.2 Å². The molecule has 1 aliphatic heterocycles. The number of piperidine rings is 1. The third kappa shape index (κ3) is 5.25. The molecule has 1 fully saturated rings. The highest BCUT2D eigenvalue weighted by atomic mass is 35.5. The van der Waals surface area contributed by atoms with Gasteiger partial charge in [0.2, 0.25) is 5.91 Å². The molecule has 7 nitrogen and oxygen atoms in total. The predicted octanol–water partition coefficient (Wildman–Crippen LogP) is 2.17. The number of halogens is 2. The highest BCUT2D eigenvalue weighted by Gasteiger charge is 2.31. The van der Waals surface area contributed by atoms with Gasteiger partial charge in [-0.2, -0.15) is 0 Å². The van der Waals surface area contributed by atoms with Crippen LogP contribution in [0.15, 0.2) is 18.2 Å². The fraction of sp³-hybridized carbons (Fsp3) is 0.471. The Bertz CT molecular complexity index is 698. The number of benzene rings is 1. The molecule has 9 heteroatoms. The van der Waals surface area contributed by atoms with Crippen molar-refractivity contribution in [3.8, 4) is 5.75 Å². The first kappa shape index (κ1) is 20.3. The number of carbonyl (C=O) groups excluding carboxylic acids is 3. The standard InChI is InChI=1S/C17H20Cl2N2O5/c1-10(26-14-6-5-11(18)8-12(14)19)17(24)25-9-15(22)21-7-3-2-4-13(21)16(20)23/h5-6,8,10,13H,2-4,7,9H2,1H3,(H2,20,23)/t10-,13-/m0/s1. The zero-order valence-electron chi connectivity index (χ0n) is 14.2. The number of esters is 1. The molecule has 1 aromatic rings. The summed E-state index contributed by atoms with van der Waals surface area (Å²) in [7, 11) is 0. The van der Waals surface area contributed by atoms with E-state index in [-0.39, 0.29) is 10.8 Å². The Labute approximate surface area is 161 Å². The number of likely N-dealkylation sites (tertiary alicyclic amines) is 1. The molecule has 1 aromatic carbocycles. The summed E-state index contributed by atoms with van der Waals surface area (Å²) in [6.07, 6.45) is 1.14. The van der Waals surface area contributed by atoms with Gasteiger partial charge in [0.05, 0.1) is 5.02 Å². The van der Waals surface area contributed by atoms with Gasteiger partial charge < -0.3 is 20.1 Å². The summed E-state index contributed by atoms with van der Waals surface area (Å²) in [4.78, 5) is 37.1. The maximum absolute atomic E-state index is 12.3. The third-order valence-corrected chi connectivity index (χ3v) is 4.55. The highest BCUT2D eigenvalue weighted by Crippen LogP contribution is 2.28. The van der Waals surface area contributed by atoms with Crippen molar-refractivity contribution in [2.75, 3.05) is 13.2 Å². The van der Waals surface area contributed by atoms with Gasteiger partial charge in [-0.05, 0) is 44.4 Å². The third-order valence-electron chi connectivity index (χ3n) is 4.02. The minimum atomic E-state index is -0.977. The van der Waals surface area contributed by atoms with E-state index < -0.39 is 36.5 Å². The van der Waals surface area contributed by atoms with E-state index in [0.29, 0.717) is 18.0 Å². The average Bonchev–Trinajstić information content (AvgIpc) is 2.61. The fourth-order valence-corrected chi connectivity index (χ4v) is 3.12. The van der Waals surface area contributed by atoms with Crippen molar-refractivity contribution < 1.29 is 23.9 Å². The molecular formula is C17H20Cl2N2O5. The minimum Gasteiger partial charge on any atom is -0.477 e. The van der Waals surface area contributed by atoms with E-state index in [0.717, 1.165) is 12.8 Å². The van der Waals surface area contributed by atoms with Crippen LogP contribution in [0.4, 0.5) is 0 Å². The summed E-state index contributed by atoms with van der Waals surface area (Å²) in [6.45, 7) is 1.41. The van der Waals surface area contributed by atoms with Gasteiger partial charge >= 0.3 is 5.97 Å². The van der Waals surface area contributed by atoms with Crippen molar-refractivity contribution >= 4 is 41.0 Å². The fourth-order valence-electron chi connectivity index (χ4n) is 2.67. The van der Waals surface area contributed by atoms with E-state index >= 15 is 0 Å². The molecule has 0 spiro atoms. The maximum Gasteiger partial charge on any atom is 0.347 e. The van der Waals surface area contributed by atoms with Crippen molar-refractivity contribution in [1.29, 1.82) is 0 Å². The van der Waals surface area contributed by atoms with E-state index in [4.69, 9.17) is 38.4 Å². The monoisotopic (exact) mass is 402 g/mol. The summed E-state index contributed by atoms with van der Waals surface area (Å²) in [5.41, 5.74) is 5.33. The molecule has 0 unspecified atom stereocenters. The van der Waals surface area contributed by atoms with Gasteiger partial charge in [-0.3, -0.25) is 9.59 Å². The number of nitrogens with zero attached hydrogens (tertiary/aromatic N) is 1. The smallest absolute Gasteiger partial charge is 0.347 e. The number of primary amides is 1. The largest absolute Gasteiger partial charge is 0.477 e. The first-order valence-electron chi connectivity index (χ1n) is 8.16. The quantitative estimate of drug-likeness (QED) is 0.734. The molecule has 2 N–H and O–H groups in total. The van der Waals surface area contributed by atoms with E-state index in [9.17, 15) is 14.4 Å². The van der Waals surface area contributed by atoms with Crippen molar-refractivity contribution in [1.82, 2.24) is 4.90 Å². The van der Waals surface area contributed by atoms with Crippen molar-refractivity contribution in [2.45, 2.75) is 38.3 Å². The molecule has 2 atom stereocenters. The molecule has 0 bridgehead atoms. The molecule has 1 aliphatic rings. The summed E-state index contributed by atoms with van der Waals surface area (Å²) >= 11 is 11.8. The number of ether oxygens (including phenoxy) is 2. The van der Waals surface area contributed by atoms with Crippen LogP contribution in [0, 0.1) is 0 Å². The van der Waals surface area contributed by atoms with Crippen LogP contribution in [0.2, 0.25) is 10.0 Å². The number of nitrogens with two attached hydrogens (primary N) is 1. The molecule has 142 valence electrons. The maximum atomic E-state index is 12.3. The normalized spacial score (nSPS) is 18.1. The molecule has 0 aliphatic carbocycles. The molecule has 0 radical (unpaired) electrons. The van der Waals surface area contributed by atoms with Gasteiger partial charge in [0, 0.05) is 11.6 Å². The van der Waals surface area contributed by atoms with E-state index in [2.05, 4.69) is 0 Å². The molecule has 1 heterocycles. The zero-order chi connectivity index (χ0) is 19.3. The van der Waals surface area contributed by atoms with Crippen molar-refractivity contribution in [3.63, 3.8) is 0 Å². The Morgan fingerprint density at radius 1 is 1.31 bits per heavy atom. The van der Waals surface area contributed by atoms with Gasteiger partial charge in [-0.25, -0.2) is 4.79 Å². The molecular weight excluding hydrogens is 383 g/mol. The molecule has 2 amide bonds. The van der Waals surface area contributed by atoms with Crippen LogP contribution < -0.4 is 10.5 Å². The Kier molecular flexibility index (Phi) is 7.11. The lowest BCUT2D eigenvalue weighted by atomic mass is 10.0. The second-order valence-corrected chi connectivity index (χ2v) is 6.79. The summed E-state index contributed by atoms with van der Waals surface area (Å²) in [5, 5.41) is 0.694. The second-order valence-electron chi connectivity index (χ2n) is 5.94. The van der Waals surface area contributed by atoms with Gasteiger partial charge in [0.25, 0.3) is 5.91 Å². The summed E-state index contributed by atoms with van der Waals surface area (Å²) in [6, 6.07) is 3.94. The summed E-state index contributed by atoms with van der Waals surface area (Å²) < 4.78 is 10.4. The average molecular weight is 403 g/mol. The van der Waals surface area contributed by atoms with Gasteiger partial charge in [-0.1, -0.05) is 23.2 Å². The Morgan fingerprint density at radius 3 is 2.69 bits per heavy atom. The van der Waals surface area contributed by atoms with Crippen LogP contribution in [0.5, 0.6) is 5.75 Å². The van der Waals surface area contributed by atoms with Gasteiger partial charge in [-0.15, -0.1) is 0 Å². The van der Waals surface area contributed by atoms with Gasteiger partial charge in [0.15, 0.2) is 12.7 Å². The van der Waals surface area contributed by atoms with Gasteiger partial charge in [0.1, 0.15) is 11.8 Å². The SMILES string of the molecule is C[C@H](Oc1ccc(Cl)cc1Cl)C(=O)OCC(=O)N1CCCC[C@H]1C(N)=O. The van der Waals surface area contributed by atoms with Crippen LogP contribution in [-0.2, 0) is 19.1 Å². The first-order valence-corrected chi connectivity index (χ1v) is 8.92. The molecule has 0 saturated carbocycles. The molecule has 1 saturated heterocycles. The van der Waals surface area contributed by atoms with Crippen LogP contribution in [-0.4, -0.2) is 48.0 Å². The molecule has 2 rings (SSSR count). The number of hydrogen-bond donors (Lipinski definition) is 1. The van der Waals surface area contributed by atoms with Crippen molar-refractivity contribution in [2.24, 2.45) is 5.73 Å². The Balaban J connectivity index is 1.88. The lowest BCUT2D eigenvalue weighted by molar-refractivity contribution is -0.159. The first-order chi connectivity index (χ1) is 12.3. The Hall–Kier alpha value is -1.99. The number of hydrogen-bond acceptors (Lipinski definition) is 5. The topological polar surface area (TPSA) is 98.9 Å². The Morgan fingerprint density at radius 2 is 2.04 bits per heavy atom. The number of carbonyl (C=O) groups is 3. The van der Waals surface area contributed by atoms with E-state index in [1.807, 2.05) is 0 Å². The van der Waals surface area contributed by atoms with E-state index in [1.165, 1.54) is 24.0 Å². The summed E-state index contributed by atoms with van der Waals surface area (Å²) in [5.74, 6) is -1.47.